The number of nitrogens with zero attached hydrogens (tertiary/aromatic N) is 2. The first-order valence-electron chi connectivity index (χ1n) is 5.33. The largest absolute Gasteiger partial charge is 0.346 e. The molecule has 1 aromatic carbocycles. The van der Waals surface area contributed by atoms with Gasteiger partial charge in [0, 0.05) is 5.56 Å². The Hall–Kier alpha value is -1.99. The highest BCUT2D eigenvalue weighted by molar-refractivity contribution is 7.71. The van der Waals surface area contributed by atoms with Gasteiger partial charge in [0.1, 0.15) is 4.64 Å². The lowest BCUT2D eigenvalue weighted by atomic mass is 10.0. The summed E-state index contributed by atoms with van der Waals surface area (Å²) < 4.78 is 0.614. The maximum absolute atomic E-state index is 8.90. The molecule has 0 fully saturated rings. The molecule has 1 N–H and O–H groups in total. The molecule has 0 atom stereocenters. The van der Waals surface area contributed by atoms with E-state index in [1.54, 1.807) is 12.4 Å². The zero-order valence-electron chi connectivity index (χ0n) is 9.40. The topological polar surface area (TPSA) is 52.5 Å². The monoisotopic (exact) mass is 241 g/mol. The number of hydrogen-bond donors (Lipinski definition) is 1. The van der Waals surface area contributed by atoms with Crippen LogP contribution in [0.25, 0.3) is 11.3 Å². The van der Waals surface area contributed by atoms with Gasteiger partial charge < -0.3 is 4.98 Å². The van der Waals surface area contributed by atoms with Crippen LogP contribution in [-0.4, -0.2) is 9.97 Å². The molecule has 0 amide bonds. The summed E-state index contributed by atoms with van der Waals surface area (Å²) in [5.41, 5.74) is 3.57. The predicted molar refractivity (Wildman–Crippen MR) is 69.0 cm³/mol. The quantitative estimate of drug-likeness (QED) is 0.821. The molecule has 0 aliphatic carbocycles. The van der Waals surface area contributed by atoms with E-state index in [1.165, 1.54) is 0 Å². The lowest BCUT2D eigenvalue weighted by Gasteiger charge is -2.07. The molecule has 0 aliphatic rings. The SMILES string of the molecule is CCc1c(-c2cccc(C#N)c2)[nH]cnc1=S. The minimum absolute atomic E-state index is 0.614. The van der Waals surface area contributed by atoms with Gasteiger partial charge in [0.15, 0.2) is 0 Å². The number of rotatable bonds is 2. The lowest BCUT2D eigenvalue weighted by Crippen LogP contribution is -1.95. The van der Waals surface area contributed by atoms with Crippen molar-refractivity contribution in [3.8, 4) is 17.3 Å². The van der Waals surface area contributed by atoms with Gasteiger partial charge in [-0.25, -0.2) is 4.98 Å². The molecule has 2 rings (SSSR count). The second-order valence-corrected chi connectivity index (χ2v) is 3.99. The standard InChI is InChI=1S/C13H11N3S/c1-2-11-12(15-8-16-13(11)17)10-5-3-4-9(6-10)7-14/h3-6,8H,2H2,1H3,(H,15,16,17). The third kappa shape index (κ3) is 2.24. The first-order chi connectivity index (χ1) is 8.26. The number of nitriles is 1. The Labute approximate surface area is 105 Å². The molecule has 0 saturated carbocycles. The number of H-pyrrole nitrogens is 1. The number of nitrogens with one attached hydrogen (secondary N) is 1. The van der Waals surface area contributed by atoms with Crippen molar-refractivity contribution in [2.45, 2.75) is 13.3 Å². The zero-order valence-corrected chi connectivity index (χ0v) is 10.2. The van der Waals surface area contributed by atoms with Crippen LogP contribution in [0.1, 0.15) is 18.1 Å². The Morgan fingerprint density at radius 1 is 1.47 bits per heavy atom. The Balaban J connectivity index is 2.65. The van der Waals surface area contributed by atoms with Crippen LogP contribution in [0, 0.1) is 16.0 Å². The fourth-order valence-corrected chi connectivity index (χ4v) is 2.06. The predicted octanol–water partition coefficient (Wildman–Crippen LogP) is 3.24. The third-order valence-corrected chi connectivity index (χ3v) is 2.94. The zero-order chi connectivity index (χ0) is 12.3. The first-order valence-corrected chi connectivity index (χ1v) is 5.74. The maximum Gasteiger partial charge on any atom is 0.133 e. The van der Waals surface area contributed by atoms with Crippen LogP contribution in [0.15, 0.2) is 30.6 Å². The molecule has 2 aromatic rings. The average Bonchev–Trinajstić information content (AvgIpc) is 2.38. The van der Waals surface area contributed by atoms with Crippen LogP contribution >= 0.6 is 12.2 Å². The number of hydrogen-bond acceptors (Lipinski definition) is 3. The molecular weight excluding hydrogens is 230 g/mol. The molecular formula is C13H11N3S. The van der Waals surface area contributed by atoms with Crippen molar-refractivity contribution in [2.24, 2.45) is 0 Å². The molecule has 0 aliphatic heterocycles. The summed E-state index contributed by atoms with van der Waals surface area (Å²) in [6.07, 6.45) is 2.41. The van der Waals surface area contributed by atoms with Crippen LogP contribution in [0.2, 0.25) is 0 Å². The molecule has 0 unspecified atom stereocenters. The van der Waals surface area contributed by atoms with Gasteiger partial charge in [0.25, 0.3) is 0 Å². The smallest absolute Gasteiger partial charge is 0.133 e. The average molecular weight is 241 g/mol. The molecule has 3 nitrogen and oxygen atoms in total. The number of aromatic nitrogens is 2. The summed E-state index contributed by atoms with van der Waals surface area (Å²) in [7, 11) is 0. The number of benzene rings is 1. The van der Waals surface area contributed by atoms with Gasteiger partial charge in [-0.15, -0.1) is 0 Å². The molecule has 0 bridgehead atoms. The summed E-state index contributed by atoms with van der Waals surface area (Å²) in [5.74, 6) is 0. The Bertz CT molecular complexity index is 638. The molecule has 4 heteroatoms. The van der Waals surface area contributed by atoms with E-state index in [0.29, 0.717) is 10.2 Å². The van der Waals surface area contributed by atoms with E-state index in [0.717, 1.165) is 23.2 Å². The summed E-state index contributed by atoms with van der Waals surface area (Å²) >= 11 is 5.20. The molecule has 17 heavy (non-hydrogen) atoms. The van der Waals surface area contributed by atoms with Gasteiger partial charge in [-0.05, 0) is 24.1 Å². The molecule has 0 spiro atoms. The first kappa shape index (κ1) is 11.5. The Kier molecular flexibility index (Phi) is 3.31. The Morgan fingerprint density at radius 3 is 3.00 bits per heavy atom. The second-order valence-electron chi connectivity index (χ2n) is 3.61. The maximum atomic E-state index is 8.90. The van der Waals surface area contributed by atoms with Crippen molar-refractivity contribution in [3.63, 3.8) is 0 Å². The minimum Gasteiger partial charge on any atom is -0.346 e. The fourth-order valence-electron chi connectivity index (χ4n) is 1.76. The van der Waals surface area contributed by atoms with Gasteiger partial charge in [-0.3, -0.25) is 0 Å². The van der Waals surface area contributed by atoms with Gasteiger partial charge in [0.05, 0.1) is 23.7 Å². The Morgan fingerprint density at radius 2 is 2.29 bits per heavy atom. The van der Waals surface area contributed by atoms with Crippen molar-refractivity contribution < 1.29 is 0 Å². The van der Waals surface area contributed by atoms with E-state index in [-0.39, 0.29) is 0 Å². The fraction of sp³-hybridized carbons (Fsp3) is 0.154. The lowest BCUT2D eigenvalue weighted by molar-refractivity contribution is 1.04. The van der Waals surface area contributed by atoms with Crippen molar-refractivity contribution in [1.29, 1.82) is 5.26 Å². The summed E-state index contributed by atoms with van der Waals surface area (Å²) in [6.45, 7) is 2.04. The van der Waals surface area contributed by atoms with Gasteiger partial charge >= 0.3 is 0 Å². The van der Waals surface area contributed by atoms with Crippen molar-refractivity contribution in [3.05, 3.63) is 46.4 Å². The van der Waals surface area contributed by atoms with E-state index >= 15 is 0 Å². The molecule has 84 valence electrons. The van der Waals surface area contributed by atoms with E-state index < -0.39 is 0 Å². The van der Waals surface area contributed by atoms with Crippen molar-refractivity contribution in [2.75, 3.05) is 0 Å². The third-order valence-electron chi connectivity index (χ3n) is 2.58. The van der Waals surface area contributed by atoms with Crippen LogP contribution < -0.4 is 0 Å². The van der Waals surface area contributed by atoms with Crippen LogP contribution in [0.3, 0.4) is 0 Å². The highest BCUT2D eigenvalue weighted by Crippen LogP contribution is 2.22. The van der Waals surface area contributed by atoms with Crippen molar-refractivity contribution in [1.82, 2.24) is 9.97 Å². The summed E-state index contributed by atoms with van der Waals surface area (Å²) in [6, 6.07) is 9.59. The molecule has 0 saturated heterocycles. The molecule has 1 aromatic heterocycles. The van der Waals surface area contributed by atoms with Crippen LogP contribution in [-0.2, 0) is 6.42 Å². The number of aromatic amines is 1. The van der Waals surface area contributed by atoms with E-state index in [1.807, 2.05) is 25.1 Å². The highest BCUT2D eigenvalue weighted by Gasteiger charge is 2.06. The molecule has 1 heterocycles. The summed E-state index contributed by atoms with van der Waals surface area (Å²) in [5, 5.41) is 8.90. The normalized spacial score (nSPS) is 9.88. The van der Waals surface area contributed by atoms with Crippen LogP contribution in [0.5, 0.6) is 0 Å². The van der Waals surface area contributed by atoms with E-state index in [9.17, 15) is 0 Å². The molecule has 0 radical (unpaired) electrons. The van der Waals surface area contributed by atoms with Gasteiger partial charge in [-0.1, -0.05) is 31.3 Å². The summed E-state index contributed by atoms with van der Waals surface area (Å²) in [4.78, 5) is 7.18. The van der Waals surface area contributed by atoms with Gasteiger partial charge in [-0.2, -0.15) is 5.26 Å². The van der Waals surface area contributed by atoms with E-state index in [2.05, 4.69) is 16.0 Å². The van der Waals surface area contributed by atoms with Crippen molar-refractivity contribution >= 4 is 12.2 Å². The highest BCUT2D eigenvalue weighted by atomic mass is 32.1. The van der Waals surface area contributed by atoms with Gasteiger partial charge in [0.2, 0.25) is 0 Å². The second kappa shape index (κ2) is 4.89. The van der Waals surface area contributed by atoms with Crippen LogP contribution in [0.4, 0.5) is 0 Å². The minimum atomic E-state index is 0.614. The van der Waals surface area contributed by atoms with E-state index in [4.69, 9.17) is 17.5 Å².